The van der Waals surface area contributed by atoms with E-state index in [1.165, 1.54) is 6.08 Å². The number of halogens is 1. The summed E-state index contributed by atoms with van der Waals surface area (Å²) in [6, 6.07) is 0. The van der Waals surface area contributed by atoms with Gasteiger partial charge in [0.25, 0.3) is 0 Å². The molecule has 0 aromatic carbocycles. The molecule has 0 N–H and O–H groups in total. The molecule has 0 aliphatic rings. The van der Waals surface area contributed by atoms with Crippen molar-refractivity contribution in [1.82, 2.24) is 0 Å². The number of allylic oxidation sites excluding steroid dienone is 4. The summed E-state index contributed by atoms with van der Waals surface area (Å²) in [6.07, 6.45) is 2.82. The van der Waals surface area contributed by atoms with Crippen LogP contribution in [0.4, 0.5) is 4.39 Å². The van der Waals surface area contributed by atoms with E-state index in [0.29, 0.717) is 11.5 Å². The first-order chi connectivity index (χ1) is 5.87. The maximum absolute atomic E-state index is 13.3. The molecule has 0 saturated carbocycles. The Kier molecular flexibility index (Phi) is 4.12. The molecule has 0 aliphatic heterocycles. The first kappa shape index (κ1) is 12.2. The Bertz CT molecular complexity index is 232. The number of hydrogen-bond donors (Lipinski definition) is 0. The fraction of sp³-hybridized carbons (Fsp3) is 0.500. The normalized spacial score (nSPS) is 14.0. The largest absolute Gasteiger partial charge is 0.207 e. The summed E-state index contributed by atoms with van der Waals surface area (Å²) in [6.45, 7) is 15.2. The van der Waals surface area contributed by atoms with Crippen LogP contribution in [-0.4, -0.2) is 0 Å². The smallest absolute Gasteiger partial charge is 0.126 e. The fourth-order valence-electron chi connectivity index (χ4n) is 1.09. The van der Waals surface area contributed by atoms with Gasteiger partial charge in [-0.15, -0.1) is 0 Å². The highest BCUT2D eigenvalue weighted by molar-refractivity contribution is 5.32. The second-order valence-electron chi connectivity index (χ2n) is 4.05. The zero-order valence-corrected chi connectivity index (χ0v) is 9.02. The van der Waals surface area contributed by atoms with E-state index in [1.807, 2.05) is 13.8 Å². The predicted octanol–water partition coefficient (Wildman–Crippen LogP) is 4.26. The predicted molar refractivity (Wildman–Crippen MR) is 57.1 cm³/mol. The molecule has 74 valence electrons. The quantitative estimate of drug-likeness (QED) is 0.570. The van der Waals surface area contributed by atoms with E-state index in [0.717, 1.165) is 0 Å². The molecule has 0 saturated heterocycles. The van der Waals surface area contributed by atoms with Crippen molar-refractivity contribution >= 4 is 0 Å². The van der Waals surface area contributed by atoms with Crippen LogP contribution in [0.15, 0.2) is 36.7 Å². The Morgan fingerprint density at radius 2 is 1.69 bits per heavy atom. The van der Waals surface area contributed by atoms with E-state index in [4.69, 9.17) is 0 Å². The summed E-state index contributed by atoms with van der Waals surface area (Å²) in [5, 5.41) is 0. The molecule has 0 fully saturated rings. The van der Waals surface area contributed by atoms with Gasteiger partial charge in [0.15, 0.2) is 0 Å². The third-order valence-corrected chi connectivity index (χ3v) is 2.78. The zero-order valence-electron chi connectivity index (χ0n) is 9.02. The second kappa shape index (κ2) is 4.40. The van der Waals surface area contributed by atoms with Gasteiger partial charge in [-0.25, -0.2) is 4.39 Å². The molecule has 0 heterocycles. The summed E-state index contributed by atoms with van der Waals surface area (Å²) in [4.78, 5) is 0. The second-order valence-corrected chi connectivity index (χ2v) is 4.05. The molecule has 0 aliphatic carbocycles. The maximum Gasteiger partial charge on any atom is 0.126 e. The summed E-state index contributed by atoms with van der Waals surface area (Å²) < 4.78 is 13.3. The molecule has 0 bridgehead atoms. The molecule has 0 aromatic rings. The van der Waals surface area contributed by atoms with Crippen LogP contribution in [0.25, 0.3) is 0 Å². The summed E-state index contributed by atoms with van der Waals surface area (Å²) >= 11 is 0. The van der Waals surface area contributed by atoms with Crippen molar-refractivity contribution in [3.63, 3.8) is 0 Å². The standard InChI is InChI=1S/C12H19F/c1-7-10(11(13)8-2)12(5,6)9(3)4/h7-9H,1-2H2,3-6H3/b11-10-. The van der Waals surface area contributed by atoms with Crippen LogP contribution in [0.3, 0.4) is 0 Å². The van der Waals surface area contributed by atoms with Gasteiger partial charge in [0.1, 0.15) is 5.83 Å². The van der Waals surface area contributed by atoms with Gasteiger partial charge in [-0.3, -0.25) is 0 Å². The van der Waals surface area contributed by atoms with Gasteiger partial charge < -0.3 is 0 Å². The zero-order chi connectivity index (χ0) is 10.6. The monoisotopic (exact) mass is 182 g/mol. The lowest BCUT2D eigenvalue weighted by Crippen LogP contribution is -2.21. The van der Waals surface area contributed by atoms with Crippen molar-refractivity contribution in [2.24, 2.45) is 11.3 Å². The minimum Gasteiger partial charge on any atom is -0.207 e. The van der Waals surface area contributed by atoms with Crippen molar-refractivity contribution in [3.05, 3.63) is 36.7 Å². The van der Waals surface area contributed by atoms with Crippen LogP contribution in [-0.2, 0) is 0 Å². The molecule has 0 radical (unpaired) electrons. The van der Waals surface area contributed by atoms with Gasteiger partial charge in [-0.1, -0.05) is 46.9 Å². The molecule has 0 atom stereocenters. The third-order valence-electron chi connectivity index (χ3n) is 2.78. The minimum absolute atomic E-state index is 0.194. The molecule has 0 spiro atoms. The van der Waals surface area contributed by atoms with Crippen molar-refractivity contribution in [1.29, 1.82) is 0 Å². The minimum atomic E-state index is -0.270. The molecular formula is C12H19F. The van der Waals surface area contributed by atoms with E-state index >= 15 is 0 Å². The van der Waals surface area contributed by atoms with E-state index in [9.17, 15) is 4.39 Å². The topological polar surface area (TPSA) is 0 Å². The van der Waals surface area contributed by atoms with Gasteiger partial charge >= 0.3 is 0 Å². The lowest BCUT2D eigenvalue weighted by molar-refractivity contribution is 0.310. The molecular weight excluding hydrogens is 163 g/mol. The SMILES string of the molecule is C=C/C(F)=C(\C=C)C(C)(C)C(C)C. The molecule has 13 heavy (non-hydrogen) atoms. The van der Waals surface area contributed by atoms with Gasteiger partial charge in [-0.2, -0.15) is 0 Å². The summed E-state index contributed by atoms with van der Waals surface area (Å²) in [5.74, 6) is 0.0971. The number of rotatable bonds is 4. The van der Waals surface area contributed by atoms with Crippen LogP contribution in [0.2, 0.25) is 0 Å². The van der Waals surface area contributed by atoms with Crippen molar-refractivity contribution in [2.45, 2.75) is 27.7 Å². The maximum atomic E-state index is 13.3. The Morgan fingerprint density at radius 3 is 1.92 bits per heavy atom. The van der Waals surface area contributed by atoms with Crippen LogP contribution in [0, 0.1) is 11.3 Å². The average Bonchev–Trinajstić information content (AvgIpc) is 2.04. The Balaban J connectivity index is 5.21. The first-order valence-electron chi connectivity index (χ1n) is 4.53. The summed E-state index contributed by atoms with van der Waals surface area (Å²) in [7, 11) is 0. The molecule has 1 heteroatoms. The highest BCUT2D eigenvalue weighted by atomic mass is 19.1. The summed E-state index contributed by atoms with van der Waals surface area (Å²) in [5.41, 5.74) is 0.442. The lowest BCUT2D eigenvalue weighted by Gasteiger charge is -2.30. The van der Waals surface area contributed by atoms with Crippen molar-refractivity contribution in [2.75, 3.05) is 0 Å². The van der Waals surface area contributed by atoms with Crippen molar-refractivity contribution in [3.8, 4) is 0 Å². The Morgan fingerprint density at radius 1 is 1.23 bits per heavy atom. The Hall–Kier alpha value is -0.850. The Labute approximate surface area is 80.9 Å². The van der Waals surface area contributed by atoms with Crippen LogP contribution in [0.1, 0.15) is 27.7 Å². The average molecular weight is 182 g/mol. The van der Waals surface area contributed by atoms with Gasteiger partial charge in [0.05, 0.1) is 0 Å². The molecule has 0 aromatic heterocycles. The van der Waals surface area contributed by atoms with Crippen LogP contribution in [0.5, 0.6) is 0 Å². The fourth-order valence-corrected chi connectivity index (χ4v) is 1.09. The molecule has 0 amide bonds. The van der Waals surface area contributed by atoms with E-state index in [-0.39, 0.29) is 11.2 Å². The molecule has 0 unspecified atom stereocenters. The lowest BCUT2D eigenvalue weighted by atomic mass is 9.74. The van der Waals surface area contributed by atoms with Crippen LogP contribution >= 0.6 is 0 Å². The van der Waals surface area contributed by atoms with Gasteiger partial charge in [0.2, 0.25) is 0 Å². The first-order valence-corrected chi connectivity index (χ1v) is 4.53. The highest BCUT2D eigenvalue weighted by Gasteiger charge is 2.27. The highest BCUT2D eigenvalue weighted by Crippen LogP contribution is 2.37. The van der Waals surface area contributed by atoms with E-state index in [2.05, 4.69) is 27.0 Å². The van der Waals surface area contributed by atoms with E-state index in [1.54, 1.807) is 6.08 Å². The number of hydrogen-bond acceptors (Lipinski definition) is 0. The van der Waals surface area contributed by atoms with Crippen molar-refractivity contribution < 1.29 is 4.39 Å². The van der Waals surface area contributed by atoms with E-state index < -0.39 is 0 Å². The molecule has 0 nitrogen and oxygen atoms in total. The van der Waals surface area contributed by atoms with Crippen LogP contribution < -0.4 is 0 Å². The third kappa shape index (κ3) is 2.55. The van der Waals surface area contributed by atoms with Gasteiger partial charge in [0, 0.05) is 0 Å². The van der Waals surface area contributed by atoms with Gasteiger partial charge in [-0.05, 0) is 23.0 Å². The molecule has 0 rings (SSSR count).